The molecular weight excluding hydrogens is 338 g/mol. The van der Waals surface area contributed by atoms with Crippen molar-refractivity contribution in [1.82, 2.24) is 0 Å². The highest BCUT2D eigenvalue weighted by atomic mass is 31.0. The molecule has 2 unspecified atom stereocenters. The number of carbonyl (C=O) groups excluding carboxylic acids is 3. The standard InChI is InChI=1S/C15H26O6P2/c1-9(2)11(16)21-10(7-19-12(17)14(3,4)22)8-20-13(18)15(5,6)23/h10H,1,7-8,22-23H2,2-6H3. The van der Waals surface area contributed by atoms with Gasteiger partial charge in [0.25, 0.3) is 0 Å². The first-order valence-electron chi connectivity index (χ1n) is 7.04. The maximum atomic E-state index is 11.8. The second kappa shape index (κ2) is 8.75. The number of ether oxygens (including phenoxy) is 3. The van der Waals surface area contributed by atoms with Crippen LogP contribution in [0.4, 0.5) is 0 Å². The predicted octanol–water partition coefficient (Wildman–Crippen LogP) is 1.87. The minimum absolute atomic E-state index is 0.199. The van der Waals surface area contributed by atoms with Crippen LogP contribution in [0.3, 0.4) is 0 Å². The summed E-state index contributed by atoms with van der Waals surface area (Å²) in [6.07, 6.45) is -0.896. The van der Waals surface area contributed by atoms with Crippen molar-refractivity contribution in [2.24, 2.45) is 0 Å². The smallest absolute Gasteiger partial charge is 0.333 e. The first kappa shape index (κ1) is 22.0. The van der Waals surface area contributed by atoms with Crippen LogP contribution in [0.25, 0.3) is 0 Å². The largest absolute Gasteiger partial charge is 0.461 e. The van der Waals surface area contributed by atoms with E-state index in [1.54, 1.807) is 27.7 Å². The van der Waals surface area contributed by atoms with E-state index in [0.717, 1.165) is 0 Å². The third kappa shape index (κ3) is 9.02. The Bertz CT molecular complexity index is 443. The van der Waals surface area contributed by atoms with Crippen LogP contribution in [-0.4, -0.2) is 47.5 Å². The van der Waals surface area contributed by atoms with Crippen molar-refractivity contribution in [2.45, 2.75) is 51.0 Å². The highest BCUT2D eigenvalue weighted by molar-refractivity contribution is 7.21. The van der Waals surface area contributed by atoms with Gasteiger partial charge in [-0.15, -0.1) is 18.5 Å². The summed E-state index contributed by atoms with van der Waals surface area (Å²) < 4.78 is 15.3. The lowest BCUT2D eigenvalue weighted by Crippen LogP contribution is -2.36. The summed E-state index contributed by atoms with van der Waals surface area (Å²) in [6, 6.07) is 0. The van der Waals surface area contributed by atoms with E-state index in [-0.39, 0.29) is 18.8 Å². The van der Waals surface area contributed by atoms with Crippen LogP contribution >= 0.6 is 18.5 Å². The van der Waals surface area contributed by atoms with Gasteiger partial charge < -0.3 is 14.2 Å². The molecule has 0 spiro atoms. The van der Waals surface area contributed by atoms with Gasteiger partial charge >= 0.3 is 17.9 Å². The molecule has 0 radical (unpaired) electrons. The summed E-state index contributed by atoms with van der Waals surface area (Å²) in [5.74, 6) is -1.59. The molecule has 0 amide bonds. The van der Waals surface area contributed by atoms with Crippen LogP contribution in [0.2, 0.25) is 0 Å². The Labute approximate surface area is 142 Å². The highest BCUT2D eigenvalue weighted by Crippen LogP contribution is 2.19. The number of esters is 3. The minimum atomic E-state index is -0.896. The molecule has 6 nitrogen and oxygen atoms in total. The fourth-order valence-corrected chi connectivity index (χ4v) is 1.24. The molecule has 0 aromatic rings. The lowest BCUT2D eigenvalue weighted by molar-refractivity contribution is -0.165. The summed E-state index contributed by atoms with van der Waals surface area (Å²) in [5.41, 5.74) is 0.199. The van der Waals surface area contributed by atoms with E-state index in [2.05, 4.69) is 25.1 Å². The summed E-state index contributed by atoms with van der Waals surface area (Å²) in [7, 11) is 4.72. The van der Waals surface area contributed by atoms with E-state index in [4.69, 9.17) is 14.2 Å². The molecule has 0 aliphatic rings. The van der Waals surface area contributed by atoms with Crippen molar-refractivity contribution in [3.63, 3.8) is 0 Å². The Hall–Kier alpha value is -0.990. The SMILES string of the molecule is C=C(C)C(=O)OC(COC(=O)C(C)(C)P)COC(=O)C(C)(C)P. The van der Waals surface area contributed by atoms with E-state index in [1.165, 1.54) is 6.92 Å². The third-order valence-electron chi connectivity index (χ3n) is 2.48. The summed E-state index contributed by atoms with van der Waals surface area (Å²) in [4.78, 5) is 35.2. The first-order chi connectivity index (χ1) is 10.2. The van der Waals surface area contributed by atoms with Crippen molar-refractivity contribution in [2.75, 3.05) is 13.2 Å². The van der Waals surface area contributed by atoms with E-state index < -0.39 is 34.3 Å². The Kier molecular flexibility index (Phi) is 8.37. The molecule has 0 aromatic heterocycles. The Morgan fingerprint density at radius 2 is 1.30 bits per heavy atom. The van der Waals surface area contributed by atoms with Crippen molar-refractivity contribution in [3.05, 3.63) is 12.2 Å². The van der Waals surface area contributed by atoms with Gasteiger partial charge in [-0.1, -0.05) is 6.58 Å². The Balaban J connectivity index is 4.76. The zero-order chi connectivity index (χ0) is 18.4. The molecule has 0 heterocycles. The summed E-state index contributed by atoms with van der Waals surface area (Å²) in [6.45, 7) is 11.2. The fourth-order valence-electron chi connectivity index (χ4n) is 1.08. The van der Waals surface area contributed by atoms with Crippen molar-refractivity contribution < 1.29 is 28.6 Å². The Morgan fingerprint density at radius 3 is 1.57 bits per heavy atom. The molecular formula is C15H26O6P2. The molecule has 0 aliphatic heterocycles. The zero-order valence-electron chi connectivity index (χ0n) is 14.3. The van der Waals surface area contributed by atoms with Gasteiger partial charge in [-0.25, -0.2) is 4.79 Å². The summed E-state index contributed by atoms with van der Waals surface area (Å²) in [5, 5.41) is -1.52. The third-order valence-corrected chi connectivity index (χ3v) is 2.95. The van der Waals surface area contributed by atoms with Crippen molar-refractivity contribution in [3.8, 4) is 0 Å². The van der Waals surface area contributed by atoms with Gasteiger partial charge in [0.2, 0.25) is 0 Å². The lowest BCUT2D eigenvalue weighted by atomic mass is 10.2. The molecule has 23 heavy (non-hydrogen) atoms. The molecule has 132 valence electrons. The van der Waals surface area contributed by atoms with Crippen LogP contribution in [0.5, 0.6) is 0 Å². The molecule has 0 N–H and O–H groups in total. The van der Waals surface area contributed by atoms with Crippen molar-refractivity contribution >= 4 is 36.4 Å². The number of hydrogen-bond acceptors (Lipinski definition) is 6. The van der Waals surface area contributed by atoms with Crippen LogP contribution < -0.4 is 0 Å². The van der Waals surface area contributed by atoms with Crippen LogP contribution in [0, 0.1) is 0 Å². The van der Waals surface area contributed by atoms with Gasteiger partial charge in [-0.3, -0.25) is 9.59 Å². The molecule has 0 rings (SSSR count). The average molecular weight is 364 g/mol. The maximum Gasteiger partial charge on any atom is 0.333 e. The van der Waals surface area contributed by atoms with Gasteiger partial charge in [0, 0.05) is 5.57 Å². The fraction of sp³-hybridized carbons (Fsp3) is 0.667. The molecule has 0 saturated carbocycles. The minimum Gasteiger partial charge on any atom is -0.461 e. The van der Waals surface area contributed by atoms with Crippen LogP contribution in [-0.2, 0) is 28.6 Å². The van der Waals surface area contributed by atoms with E-state index >= 15 is 0 Å². The molecule has 8 heteroatoms. The van der Waals surface area contributed by atoms with Gasteiger partial charge in [0.05, 0.1) is 10.3 Å². The molecule has 0 saturated heterocycles. The van der Waals surface area contributed by atoms with E-state index in [1.807, 2.05) is 0 Å². The molecule has 0 bridgehead atoms. The van der Waals surface area contributed by atoms with Gasteiger partial charge in [-0.2, -0.15) is 0 Å². The second-order valence-corrected chi connectivity index (χ2v) is 9.33. The normalized spacial score (nSPS) is 11.8. The van der Waals surface area contributed by atoms with Crippen LogP contribution in [0.1, 0.15) is 34.6 Å². The Morgan fingerprint density at radius 1 is 0.957 bits per heavy atom. The predicted molar refractivity (Wildman–Crippen MR) is 94.2 cm³/mol. The van der Waals surface area contributed by atoms with E-state index in [9.17, 15) is 14.4 Å². The monoisotopic (exact) mass is 364 g/mol. The van der Waals surface area contributed by atoms with Crippen molar-refractivity contribution in [1.29, 1.82) is 0 Å². The average Bonchev–Trinajstić information content (AvgIpc) is 2.38. The second-order valence-electron chi connectivity index (χ2n) is 6.45. The molecule has 2 atom stereocenters. The highest BCUT2D eigenvalue weighted by Gasteiger charge is 2.28. The van der Waals surface area contributed by atoms with Gasteiger partial charge in [0.1, 0.15) is 13.2 Å². The molecule has 0 aromatic carbocycles. The molecule has 0 fully saturated rings. The molecule has 0 aliphatic carbocycles. The van der Waals surface area contributed by atoms with Gasteiger partial charge in [0.15, 0.2) is 6.10 Å². The number of rotatable bonds is 8. The van der Waals surface area contributed by atoms with Crippen LogP contribution in [0.15, 0.2) is 12.2 Å². The quantitative estimate of drug-likeness (QED) is 0.283. The lowest BCUT2D eigenvalue weighted by Gasteiger charge is -2.23. The van der Waals surface area contributed by atoms with Gasteiger partial charge in [-0.05, 0) is 34.6 Å². The maximum absolute atomic E-state index is 11.8. The number of hydrogen-bond donors (Lipinski definition) is 0. The summed E-state index contributed by atoms with van der Waals surface area (Å²) >= 11 is 0. The zero-order valence-corrected chi connectivity index (χ0v) is 16.6. The topological polar surface area (TPSA) is 78.9 Å². The first-order valence-corrected chi connectivity index (χ1v) is 8.19. The van der Waals surface area contributed by atoms with E-state index in [0.29, 0.717) is 0 Å². The number of carbonyl (C=O) groups is 3.